The fourth-order valence-electron chi connectivity index (χ4n) is 3.03. The van der Waals surface area contributed by atoms with Crippen molar-refractivity contribution >= 4 is 29.9 Å². The Hall–Kier alpha value is -1.64. The Bertz CT molecular complexity index is 682. The molecule has 0 fully saturated rings. The third-order valence-electron chi connectivity index (χ3n) is 4.27. The summed E-state index contributed by atoms with van der Waals surface area (Å²) in [7, 11) is 2.06. The average Bonchev–Trinajstić information content (AvgIpc) is 3.02. The van der Waals surface area contributed by atoms with Gasteiger partial charge in [-0.05, 0) is 25.3 Å². The molecule has 0 saturated carbocycles. The minimum atomic E-state index is 0. The lowest BCUT2D eigenvalue weighted by atomic mass is 10.2. The van der Waals surface area contributed by atoms with Gasteiger partial charge in [0.15, 0.2) is 11.8 Å². The van der Waals surface area contributed by atoms with Gasteiger partial charge in [0.1, 0.15) is 12.4 Å². The van der Waals surface area contributed by atoms with Gasteiger partial charge in [0.05, 0.1) is 0 Å². The number of aryl methyl sites for hydroxylation is 1. The molecule has 0 atom stereocenters. The topological polar surface area (TPSA) is 58.3 Å². The van der Waals surface area contributed by atoms with E-state index in [1.165, 1.54) is 18.4 Å². The zero-order valence-electron chi connectivity index (χ0n) is 15.0. The van der Waals surface area contributed by atoms with Crippen LogP contribution in [0.25, 0.3) is 0 Å². The first kappa shape index (κ1) is 19.7. The fourth-order valence-corrected chi connectivity index (χ4v) is 3.03. The van der Waals surface area contributed by atoms with Crippen LogP contribution in [0.3, 0.4) is 0 Å². The smallest absolute Gasteiger partial charge is 0.194 e. The molecule has 3 rings (SSSR count). The second kappa shape index (κ2) is 9.74. The molecule has 2 aromatic rings. The van der Waals surface area contributed by atoms with Gasteiger partial charge >= 0.3 is 0 Å². The summed E-state index contributed by atoms with van der Waals surface area (Å²) in [5.41, 5.74) is 1.27. The van der Waals surface area contributed by atoms with E-state index in [9.17, 15) is 0 Å². The summed E-state index contributed by atoms with van der Waals surface area (Å²) in [5.74, 6) is 2.97. The van der Waals surface area contributed by atoms with Crippen molar-refractivity contribution in [1.29, 1.82) is 0 Å². The number of rotatable bonds is 5. The fraction of sp³-hybridized carbons (Fsp3) is 0.500. The van der Waals surface area contributed by atoms with Crippen molar-refractivity contribution in [3.8, 4) is 0 Å². The van der Waals surface area contributed by atoms with Gasteiger partial charge in [-0.2, -0.15) is 0 Å². The van der Waals surface area contributed by atoms with Crippen molar-refractivity contribution < 1.29 is 0 Å². The summed E-state index contributed by atoms with van der Waals surface area (Å²) in [5, 5.41) is 12.0. The number of fused-ring (bicyclic) bond motifs is 1. The number of hydrogen-bond acceptors (Lipinski definition) is 3. The minimum absolute atomic E-state index is 0. The largest absolute Gasteiger partial charge is 0.357 e. The van der Waals surface area contributed by atoms with E-state index in [1.807, 2.05) is 6.07 Å². The normalized spacial score (nSPS) is 13.8. The number of nitrogens with one attached hydrogen (secondary N) is 1. The molecule has 0 radical (unpaired) electrons. The van der Waals surface area contributed by atoms with E-state index >= 15 is 0 Å². The van der Waals surface area contributed by atoms with E-state index in [-0.39, 0.29) is 24.0 Å². The molecule has 1 N–H and O–H groups in total. The Labute approximate surface area is 166 Å². The summed E-state index contributed by atoms with van der Waals surface area (Å²) in [4.78, 5) is 6.91. The first-order valence-corrected chi connectivity index (χ1v) is 8.72. The highest BCUT2D eigenvalue weighted by molar-refractivity contribution is 14.0. The number of benzene rings is 1. The van der Waals surface area contributed by atoms with Crippen LogP contribution in [-0.4, -0.2) is 39.2 Å². The first-order chi connectivity index (χ1) is 11.8. The summed E-state index contributed by atoms with van der Waals surface area (Å²) < 4.78 is 2.23. The number of aromatic nitrogens is 3. The standard InChI is InChI=1S/C18H26N6.HI/c1-3-19-18(23(2)14-15-9-5-4-6-10-15)20-13-17-22-21-16-11-7-8-12-24(16)17;/h4-6,9-10H,3,7-8,11-14H2,1-2H3,(H,19,20);1H. The van der Waals surface area contributed by atoms with Crippen molar-refractivity contribution in [2.75, 3.05) is 13.6 Å². The number of nitrogens with zero attached hydrogens (tertiary/aromatic N) is 5. The van der Waals surface area contributed by atoms with E-state index in [2.05, 4.69) is 63.2 Å². The third kappa shape index (κ3) is 5.17. The van der Waals surface area contributed by atoms with Crippen LogP contribution in [0, 0.1) is 0 Å². The van der Waals surface area contributed by atoms with Crippen LogP contribution in [0.2, 0.25) is 0 Å². The van der Waals surface area contributed by atoms with Gasteiger partial charge in [0.25, 0.3) is 0 Å². The molecule has 1 aliphatic heterocycles. The lowest BCUT2D eigenvalue weighted by Crippen LogP contribution is -2.38. The Morgan fingerprint density at radius 3 is 2.80 bits per heavy atom. The van der Waals surface area contributed by atoms with Crippen LogP contribution in [0.15, 0.2) is 35.3 Å². The van der Waals surface area contributed by atoms with E-state index in [0.29, 0.717) is 6.54 Å². The van der Waals surface area contributed by atoms with Crippen molar-refractivity contribution in [3.63, 3.8) is 0 Å². The summed E-state index contributed by atoms with van der Waals surface area (Å²) in [6.45, 7) is 5.34. The number of halogens is 1. The minimum Gasteiger partial charge on any atom is -0.357 e. The molecular formula is C18H27IN6. The molecule has 1 aliphatic rings. The Balaban J connectivity index is 0.00000225. The molecule has 1 aromatic carbocycles. The molecular weight excluding hydrogens is 427 g/mol. The van der Waals surface area contributed by atoms with E-state index < -0.39 is 0 Å². The van der Waals surface area contributed by atoms with Crippen molar-refractivity contribution in [3.05, 3.63) is 47.5 Å². The van der Waals surface area contributed by atoms with Crippen LogP contribution in [0.4, 0.5) is 0 Å². The maximum Gasteiger partial charge on any atom is 0.194 e. The van der Waals surface area contributed by atoms with Crippen LogP contribution in [0.5, 0.6) is 0 Å². The number of hydrogen-bond donors (Lipinski definition) is 1. The van der Waals surface area contributed by atoms with Crippen molar-refractivity contribution in [2.45, 2.75) is 45.8 Å². The van der Waals surface area contributed by atoms with Crippen LogP contribution >= 0.6 is 24.0 Å². The van der Waals surface area contributed by atoms with E-state index in [1.54, 1.807) is 0 Å². The summed E-state index contributed by atoms with van der Waals surface area (Å²) >= 11 is 0. The zero-order valence-corrected chi connectivity index (χ0v) is 17.3. The van der Waals surface area contributed by atoms with Crippen molar-refractivity contribution in [1.82, 2.24) is 25.0 Å². The average molecular weight is 454 g/mol. The van der Waals surface area contributed by atoms with Gasteiger partial charge in [0.2, 0.25) is 0 Å². The summed E-state index contributed by atoms with van der Waals surface area (Å²) in [6.07, 6.45) is 3.45. The van der Waals surface area contributed by atoms with Gasteiger partial charge in [-0.15, -0.1) is 34.2 Å². The molecule has 0 amide bonds. The first-order valence-electron chi connectivity index (χ1n) is 8.72. The van der Waals surface area contributed by atoms with E-state index in [4.69, 9.17) is 4.99 Å². The lowest BCUT2D eigenvalue weighted by molar-refractivity contribution is 0.474. The molecule has 136 valence electrons. The van der Waals surface area contributed by atoms with Gasteiger partial charge < -0.3 is 14.8 Å². The van der Waals surface area contributed by atoms with E-state index in [0.717, 1.165) is 43.7 Å². The molecule has 7 heteroatoms. The van der Waals surface area contributed by atoms with Crippen LogP contribution < -0.4 is 5.32 Å². The number of guanidine groups is 1. The predicted octanol–water partition coefficient (Wildman–Crippen LogP) is 2.83. The zero-order chi connectivity index (χ0) is 16.8. The van der Waals surface area contributed by atoms with Crippen LogP contribution in [-0.2, 0) is 26.1 Å². The highest BCUT2D eigenvalue weighted by Crippen LogP contribution is 2.14. The maximum absolute atomic E-state index is 4.77. The molecule has 0 bridgehead atoms. The summed E-state index contributed by atoms with van der Waals surface area (Å²) in [6, 6.07) is 10.4. The molecule has 6 nitrogen and oxygen atoms in total. The molecule has 0 aliphatic carbocycles. The second-order valence-corrected chi connectivity index (χ2v) is 6.15. The molecule has 0 saturated heterocycles. The van der Waals surface area contributed by atoms with Gasteiger partial charge in [-0.25, -0.2) is 4.99 Å². The molecule has 25 heavy (non-hydrogen) atoms. The highest BCUT2D eigenvalue weighted by atomic mass is 127. The van der Waals surface area contributed by atoms with Gasteiger partial charge in [-0.1, -0.05) is 30.3 Å². The van der Waals surface area contributed by atoms with Crippen molar-refractivity contribution in [2.24, 2.45) is 4.99 Å². The number of aliphatic imine (C=N–C) groups is 1. The molecule has 1 aromatic heterocycles. The van der Waals surface area contributed by atoms with Gasteiger partial charge in [-0.3, -0.25) is 0 Å². The lowest BCUT2D eigenvalue weighted by Gasteiger charge is -2.22. The molecule has 0 spiro atoms. The monoisotopic (exact) mass is 454 g/mol. The Kier molecular flexibility index (Phi) is 7.67. The third-order valence-corrected chi connectivity index (χ3v) is 4.27. The highest BCUT2D eigenvalue weighted by Gasteiger charge is 2.15. The van der Waals surface area contributed by atoms with Gasteiger partial charge in [0, 0.05) is 33.1 Å². The molecule has 2 heterocycles. The second-order valence-electron chi connectivity index (χ2n) is 6.15. The predicted molar refractivity (Wildman–Crippen MR) is 111 cm³/mol. The quantitative estimate of drug-likeness (QED) is 0.429. The maximum atomic E-state index is 4.77. The van der Waals surface area contributed by atoms with Crippen LogP contribution in [0.1, 0.15) is 37.0 Å². The molecule has 0 unspecified atom stereocenters. The Morgan fingerprint density at radius 2 is 2.04 bits per heavy atom. The SMILES string of the molecule is CCNC(=NCc1nnc2n1CCCC2)N(C)Cc1ccccc1.I. The Morgan fingerprint density at radius 1 is 1.24 bits per heavy atom.